The van der Waals surface area contributed by atoms with Crippen LogP contribution >= 0.6 is 15.9 Å². The highest BCUT2D eigenvalue weighted by molar-refractivity contribution is 9.10. The highest BCUT2D eigenvalue weighted by Crippen LogP contribution is 2.28. The molecule has 0 bridgehead atoms. The van der Waals surface area contributed by atoms with Gasteiger partial charge in [0.15, 0.2) is 0 Å². The van der Waals surface area contributed by atoms with Gasteiger partial charge in [-0.2, -0.15) is 0 Å². The Morgan fingerprint density at radius 3 is 3.00 bits per heavy atom. The lowest BCUT2D eigenvalue weighted by Gasteiger charge is -2.40. The van der Waals surface area contributed by atoms with E-state index in [0.29, 0.717) is 0 Å². The third-order valence-corrected chi connectivity index (χ3v) is 3.64. The van der Waals surface area contributed by atoms with E-state index in [4.69, 9.17) is 4.74 Å². The Bertz CT molecular complexity index is 372. The molecule has 0 unspecified atom stereocenters. The summed E-state index contributed by atoms with van der Waals surface area (Å²) in [5.41, 5.74) is 1.14. The Morgan fingerprint density at radius 2 is 2.31 bits per heavy atom. The van der Waals surface area contributed by atoms with Crippen molar-refractivity contribution in [3.05, 3.63) is 22.9 Å². The second-order valence-electron chi connectivity index (χ2n) is 4.54. The van der Waals surface area contributed by atoms with Crippen molar-refractivity contribution in [1.82, 2.24) is 4.98 Å². The van der Waals surface area contributed by atoms with E-state index in [-0.39, 0.29) is 5.60 Å². The maximum atomic E-state index is 5.59. The van der Waals surface area contributed by atoms with E-state index in [0.717, 1.165) is 36.1 Å². The molecule has 16 heavy (non-hydrogen) atoms. The molecule has 0 spiro atoms. The largest absolute Gasteiger partial charge is 0.377 e. The summed E-state index contributed by atoms with van der Waals surface area (Å²) in [6.07, 6.45) is 6.01. The van der Waals surface area contributed by atoms with Crippen molar-refractivity contribution in [2.24, 2.45) is 0 Å². The van der Waals surface area contributed by atoms with Crippen LogP contribution in [0.1, 0.15) is 19.8 Å². The first-order chi connectivity index (χ1) is 7.63. The van der Waals surface area contributed by atoms with Gasteiger partial charge in [0.05, 0.1) is 17.5 Å². The molecule has 0 N–H and O–H groups in total. The van der Waals surface area contributed by atoms with E-state index in [2.05, 4.69) is 38.8 Å². The summed E-state index contributed by atoms with van der Waals surface area (Å²) in [6.45, 7) is 4.18. The Kier molecular flexibility index (Phi) is 3.50. The van der Waals surface area contributed by atoms with E-state index in [1.165, 1.54) is 0 Å². The van der Waals surface area contributed by atoms with E-state index >= 15 is 0 Å². The molecule has 0 amide bonds. The highest BCUT2D eigenvalue weighted by Gasteiger charge is 2.30. The molecule has 1 aromatic rings. The zero-order valence-electron chi connectivity index (χ0n) is 9.74. The summed E-state index contributed by atoms with van der Waals surface area (Å²) in [4.78, 5) is 6.54. The normalized spacial score (nSPS) is 25.8. The Hall–Kier alpha value is -0.610. The van der Waals surface area contributed by atoms with Crippen LogP contribution in [0.4, 0.5) is 5.69 Å². The number of methoxy groups -OCH3 is 1. The van der Waals surface area contributed by atoms with Gasteiger partial charge in [-0.15, -0.1) is 0 Å². The number of rotatable bonds is 2. The van der Waals surface area contributed by atoms with E-state index in [1.807, 2.05) is 12.4 Å². The summed E-state index contributed by atoms with van der Waals surface area (Å²) < 4.78 is 6.61. The standard InChI is InChI=1S/C12H17BrN2O/c1-12(16-2)4-3-5-15(9-12)11-6-10(13)7-14-8-11/h6-8H,3-5,9H2,1-2H3/t12-/m0/s1. The minimum Gasteiger partial charge on any atom is -0.377 e. The van der Waals surface area contributed by atoms with E-state index in [1.54, 1.807) is 7.11 Å². The van der Waals surface area contributed by atoms with Gasteiger partial charge < -0.3 is 9.64 Å². The Balaban J connectivity index is 2.16. The molecule has 1 atom stereocenters. The molecular weight excluding hydrogens is 268 g/mol. The van der Waals surface area contributed by atoms with Gasteiger partial charge in [0.25, 0.3) is 0 Å². The lowest BCUT2D eigenvalue weighted by atomic mass is 9.94. The van der Waals surface area contributed by atoms with E-state index in [9.17, 15) is 0 Å². The molecule has 0 saturated carbocycles. The van der Waals surface area contributed by atoms with Gasteiger partial charge in [0.1, 0.15) is 0 Å². The molecule has 1 aromatic heterocycles. The van der Waals surface area contributed by atoms with Crippen molar-refractivity contribution < 1.29 is 4.74 Å². The molecule has 3 nitrogen and oxygen atoms in total. The van der Waals surface area contributed by atoms with Crippen molar-refractivity contribution in [3.8, 4) is 0 Å². The third-order valence-electron chi connectivity index (χ3n) is 3.21. The molecule has 0 aliphatic carbocycles. The van der Waals surface area contributed by atoms with Crippen molar-refractivity contribution in [2.45, 2.75) is 25.4 Å². The third kappa shape index (κ3) is 2.55. The highest BCUT2D eigenvalue weighted by atomic mass is 79.9. The summed E-state index contributed by atoms with van der Waals surface area (Å²) in [6, 6.07) is 2.11. The van der Waals surface area contributed by atoms with Gasteiger partial charge in [-0.05, 0) is 41.8 Å². The molecule has 1 aliphatic heterocycles. The quantitative estimate of drug-likeness (QED) is 0.835. The predicted molar refractivity (Wildman–Crippen MR) is 68.8 cm³/mol. The fourth-order valence-corrected chi connectivity index (χ4v) is 2.52. The molecule has 2 heterocycles. The van der Waals surface area contributed by atoms with Crippen LogP contribution in [0, 0.1) is 0 Å². The smallest absolute Gasteiger partial charge is 0.0825 e. The molecule has 4 heteroatoms. The van der Waals surface area contributed by atoms with Crippen LogP contribution in [0.2, 0.25) is 0 Å². The van der Waals surface area contributed by atoms with Crippen LogP contribution < -0.4 is 4.90 Å². The van der Waals surface area contributed by atoms with Crippen LogP contribution in [0.25, 0.3) is 0 Å². The SMILES string of the molecule is CO[C@@]1(C)CCCN(c2cncc(Br)c2)C1. The second-order valence-corrected chi connectivity index (χ2v) is 5.46. The van der Waals surface area contributed by atoms with Crippen LogP contribution in [0.15, 0.2) is 22.9 Å². The van der Waals surface area contributed by atoms with Gasteiger partial charge in [-0.3, -0.25) is 4.98 Å². The van der Waals surface area contributed by atoms with Crippen molar-refractivity contribution in [1.29, 1.82) is 0 Å². The van der Waals surface area contributed by atoms with Crippen molar-refractivity contribution in [3.63, 3.8) is 0 Å². The van der Waals surface area contributed by atoms with Gasteiger partial charge in [-0.1, -0.05) is 0 Å². The Labute approximate surface area is 105 Å². The maximum Gasteiger partial charge on any atom is 0.0825 e. The molecule has 1 aliphatic rings. The fourth-order valence-electron chi connectivity index (χ4n) is 2.17. The van der Waals surface area contributed by atoms with Gasteiger partial charge >= 0.3 is 0 Å². The summed E-state index contributed by atoms with van der Waals surface area (Å²) in [7, 11) is 1.79. The molecule has 1 saturated heterocycles. The molecule has 0 radical (unpaired) electrons. The van der Waals surface area contributed by atoms with Crippen LogP contribution in [-0.2, 0) is 4.74 Å². The molecule has 88 valence electrons. The lowest BCUT2D eigenvalue weighted by Crippen LogP contribution is -2.47. The minimum absolute atomic E-state index is 0.0272. The monoisotopic (exact) mass is 284 g/mol. The molecule has 2 rings (SSSR count). The summed E-state index contributed by atoms with van der Waals surface area (Å²) in [5, 5.41) is 0. The molecular formula is C12H17BrN2O. The zero-order chi connectivity index (χ0) is 11.6. The number of aromatic nitrogens is 1. The molecule has 0 aromatic carbocycles. The Morgan fingerprint density at radius 1 is 1.50 bits per heavy atom. The summed E-state index contributed by atoms with van der Waals surface area (Å²) in [5.74, 6) is 0. The van der Waals surface area contributed by atoms with Gasteiger partial charge in [0, 0.05) is 30.9 Å². The van der Waals surface area contributed by atoms with E-state index < -0.39 is 0 Å². The number of hydrogen-bond donors (Lipinski definition) is 0. The number of hydrogen-bond acceptors (Lipinski definition) is 3. The van der Waals surface area contributed by atoms with Gasteiger partial charge in [-0.25, -0.2) is 0 Å². The number of nitrogens with zero attached hydrogens (tertiary/aromatic N) is 2. The number of piperidine rings is 1. The number of halogens is 1. The number of pyridine rings is 1. The predicted octanol–water partition coefficient (Wildman–Crippen LogP) is 2.85. The van der Waals surface area contributed by atoms with Crippen LogP contribution in [-0.4, -0.2) is 30.8 Å². The zero-order valence-corrected chi connectivity index (χ0v) is 11.3. The first-order valence-electron chi connectivity index (χ1n) is 5.54. The van der Waals surface area contributed by atoms with Crippen LogP contribution in [0.5, 0.6) is 0 Å². The second kappa shape index (κ2) is 4.72. The lowest BCUT2D eigenvalue weighted by molar-refractivity contribution is -0.00466. The molecule has 1 fully saturated rings. The van der Waals surface area contributed by atoms with Crippen LogP contribution in [0.3, 0.4) is 0 Å². The number of anilines is 1. The first-order valence-corrected chi connectivity index (χ1v) is 6.33. The van der Waals surface area contributed by atoms with Crippen molar-refractivity contribution in [2.75, 3.05) is 25.1 Å². The average Bonchev–Trinajstić information content (AvgIpc) is 2.29. The summed E-state index contributed by atoms with van der Waals surface area (Å²) >= 11 is 3.45. The first kappa shape index (κ1) is 11.9. The van der Waals surface area contributed by atoms with Gasteiger partial charge in [0.2, 0.25) is 0 Å². The minimum atomic E-state index is -0.0272. The maximum absolute atomic E-state index is 5.59. The fraction of sp³-hybridized carbons (Fsp3) is 0.583. The average molecular weight is 285 g/mol. The topological polar surface area (TPSA) is 25.4 Å². The number of ether oxygens (including phenoxy) is 1. The van der Waals surface area contributed by atoms with Crippen molar-refractivity contribution >= 4 is 21.6 Å².